The molecule has 0 radical (unpaired) electrons. The van der Waals surface area contributed by atoms with E-state index >= 15 is 0 Å². The second-order valence-electron chi connectivity index (χ2n) is 4.72. The van der Waals surface area contributed by atoms with Crippen LogP contribution in [0.15, 0.2) is 18.2 Å². The number of hydrogen-bond acceptors (Lipinski definition) is 5. The lowest BCUT2D eigenvalue weighted by atomic mass is 10.2. The van der Waals surface area contributed by atoms with Crippen molar-refractivity contribution in [2.45, 2.75) is 18.9 Å². The molecule has 1 aliphatic carbocycles. The molecule has 6 heteroatoms. The van der Waals surface area contributed by atoms with Crippen LogP contribution in [0.5, 0.6) is 5.75 Å². The van der Waals surface area contributed by atoms with Crippen molar-refractivity contribution in [2.75, 3.05) is 32.6 Å². The van der Waals surface area contributed by atoms with E-state index in [9.17, 15) is 10.1 Å². The third kappa shape index (κ3) is 3.35. The van der Waals surface area contributed by atoms with Crippen molar-refractivity contribution in [2.24, 2.45) is 0 Å². The van der Waals surface area contributed by atoms with Gasteiger partial charge in [0, 0.05) is 19.6 Å². The summed E-state index contributed by atoms with van der Waals surface area (Å²) < 4.78 is 5.57. The quantitative estimate of drug-likeness (QED) is 0.604. The Kier molecular flexibility index (Phi) is 4.21. The topological polar surface area (TPSA) is 67.6 Å². The van der Waals surface area contributed by atoms with Crippen LogP contribution in [-0.4, -0.2) is 43.1 Å². The molecular weight excluding hydrogens is 246 g/mol. The molecule has 1 aromatic carbocycles. The number of likely N-dealkylation sites (N-methyl/N-ethyl adjacent to an activating group) is 1. The van der Waals surface area contributed by atoms with Gasteiger partial charge in [0.2, 0.25) is 0 Å². The van der Waals surface area contributed by atoms with Crippen molar-refractivity contribution in [3.63, 3.8) is 0 Å². The Balaban J connectivity index is 2.00. The first-order valence-corrected chi connectivity index (χ1v) is 6.41. The number of para-hydroxylation sites is 1. The Morgan fingerprint density at radius 3 is 2.84 bits per heavy atom. The highest BCUT2D eigenvalue weighted by atomic mass is 16.6. The van der Waals surface area contributed by atoms with Crippen LogP contribution in [0.2, 0.25) is 0 Å². The summed E-state index contributed by atoms with van der Waals surface area (Å²) in [7, 11) is 3.71. The Labute approximate surface area is 112 Å². The molecule has 6 nitrogen and oxygen atoms in total. The molecule has 0 aromatic heterocycles. The van der Waals surface area contributed by atoms with Gasteiger partial charge in [0.05, 0.1) is 4.92 Å². The summed E-state index contributed by atoms with van der Waals surface area (Å²) in [6.45, 7) is 1.24. The highest BCUT2D eigenvalue weighted by Gasteiger charge is 2.26. The van der Waals surface area contributed by atoms with Crippen LogP contribution in [0.4, 0.5) is 11.4 Å². The summed E-state index contributed by atoms with van der Waals surface area (Å²) in [6.07, 6.45) is 2.48. The molecular formula is C13H19N3O3. The first-order valence-electron chi connectivity index (χ1n) is 6.41. The summed E-state index contributed by atoms with van der Waals surface area (Å²) in [5.74, 6) is 0.320. The van der Waals surface area contributed by atoms with Crippen LogP contribution in [0.1, 0.15) is 12.8 Å². The third-order valence-electron chi connectivity index (χ3n) is 3.32. The van der Waals surface area contributed by atoms with Gasteiger partial charge in [0.1, 0.15) is 12.3 Å². The minimum atomic E-state index is -0.411. The van der Waals surface area contributed by atoms with E-state index in [4.69, 9.17) is 4.74 Å². The SMILES string of the molecule is CNc1cccc(OCCN(C)C2CC2)c1[N+](=O)[O-]. The minimum Gasteiger partial charge on any atom is -0.485 e. The zero-order valence-corrected chi connectivity index (χ0v) is 11.3. The normalized spacial score (nSPS) is 14.5. The summed E-state index contributed by atoms with van der Waals surface area (Å²) in [5, 5.41) is 13.9. The molecule has 0 bridgehead atoms. The predicted octanol–water partition coefficient (Wildman–Crippen LogP) is 2.11. The fourth-order valence-corrected chi connectivity index (χ4v) is 2.03. The molecule has 1 aromatic rings. The van der Waals surface area contributed by atoms with E-state index < -0.39 is 4.92 Å². The molecule has 1 fully saturated rings. The maximum Gasteiger partial charge on any atom is 0.333 e. The molecule has 1 N–H and O–H groups in total. The maximum atomic E-state index is 11.1. The highest BCUT2D eigenvalue weighted by Crippen LogP contribution is 2.34. The largest absolute Gasteiger partial charge is 0.485 e. The average Bonchev–Trinajstić information content (AvgIpc) is 3.22. The van der Waals surface area contributed by atoms with Gasteiger partial charge in [-0.05, 0) is 32.0 Å². The lowest BCUT2D eigenvalue weighted by Crippen LogP contribution is -2.26. The number of nitro groups is 1. The molecule has 0 spiro atoms. The zero-order valence-electron chi connectivity index (χ0n) is 11.3. The van der Waals surface area contributed by atoms with Gasteiger partial charge in [-0.25, -0.2) is 0 Å². The first-order chi connectivity index (χ1) is 9.13. The van der Waals surface area contributed by atoms with Crippen LogP contribution in [0.3, 0.4) is 0 Å². The van der Waals surface area contributed by atoms with Crippen LogP contribution >= 0.6 is 0 Å². The van der Waals surface area contributed by atoms with Crippen molar-refractivity contribution in [3.05, 3.63) is 28.3 Å². The lowest BCUT2D eigenvalue weighted by molar-refractivity contribution is -0.384. The van der Waals surface area contributed by atoms with Crippen molar-refractivity contribution < 1.29 is 9.66 Å². The molecule has 0 amide bonds. The van der Waals surface area contributed by atoms with Gasteiger partial charge >= 0.3 is 5.69 Å². The monoisotopic (exact) mass is 265 g/mol. The molecule has 2 rings (SSSR count). The Bertz CT molecular complexity index is 460. The molecule has 0 atom stereocenters. The minimum absolute atomic E-state index is 0.000856. The number of nitrogens with zero attached hydrogens (tertiary/aromatic N) is 2. The number of ether oxygens (including phenoxy) is 1. The third-order valence-corrected chi connectivity index (χ3v) is 3.32. The van der Waals surface area contributed by atoms with E-state index in [1.807, 2.05) is 0 Å². The number of hydrogen-bond donors (Lipinski definition) is 1. The van der Waals surface area contributed by atoms with Crippen molar-refractivity contribution in [1.29, 1.82) is 0 Å². The molecule has 1 saturated carbocycles. The fraction of sp³-hybridized carbons (Fsp3) is 0.538. The van der Waals surface area contributed by atoms with Gasteiger partial charge in [0.15, 0.2) is 5.75 Å². The Morgan fingerprint density at radius 1 is 1.53 bits per heavy atom. The predicted molar refractivity (Wildman–Crippen MR) is 73.8 cm³/mol. The van der Waals surface area contributed by atoms with Crippen molar-refractivity contribution in [3.8, 4) is 5.75 Å². The van der Waals surface area contributed by atoms with Gasteiger partial charge in [-0.1, -0.05) is 6.07 Å². The van der Waals surface area contributed by atoms with E-state index in [2.05, 4.69) is 17.3 Å². The number of benzene rings is 1. The summed E-state index contributed by atoms with van der Waals surface area (Å²) >= 11 is 0. The number of nitrogens with one attached hydrogen (secondary N) is 1. The van der Waals surface area contributed by atoms with E-state index in [-0.39, 0.29) is 5.69 Å². The Morgan fingerprint density at radius 2 is 2.26 bits per heavy atom. The van der Waals surface area contributed by atoms with Gasteiger partial charge in [-0.3, -0.25) is 10.1 Å². The van der Waals surface area contributed by atoms with Crippen LogP contribution in [0, 0.1) is 10.1 Å². The number of nitro benzene ring substituents is 1. The molecule has 0 saturated heterocycles. The van der Waals surface area contributed by atoms with Crippen molar-refractivity contribution in [1.82, 2.24) is 4.90 Å². The molecule has 0 heterocycles. The highest BCUT2D eigenvalue weighted by molar-refractivity contribution is 5.68. The van der Waals surface area contributed by atoms with Gasteiger partial charge in [0.25, 0.3) is 0 Å². The summed E-state index contributed by atoms with van der Waals surface area (Å²) in [6, 6.07) is 5.72. The lowest BCUT2D eigenvalue weighted by Gasteiger charge is -2.16. The van der Waals surface area contributed by atoms with Gasteiger partial charge in [-0.2, -0.15) is 0 Å². The maximum absolute atomic E-state index is 11.1. The molecule has 0 unspecified atom stereocenters. The second-order valence-corrected chi connectivity index (χ2v) is 4.72. The van der Waals surface area contributed by atoms with Crippen LogP contribution in [-0.2, 0) is 0 Å². The van der Waals surface area contributed by atoms with Crippen LogP contribution < -0.4 is 10.1 Å². The number of rotatable bonds is 7. The van der Waals surface area contributed by atoms with E-state index in [0.29, 0.717) is 24.1 Å². The molecule has 1 aliphatic rings. The van der Waals surface area contributed by atoms with E-state index in [1.165, 1.54) is 12.8 Å². The van der Waals surface area contributed by atoms with E-state index in [1.54, 1.807) is 25.2 Å². The van der Waals surface area contributed by atoms with Gasteiger partial charge in [-0.15, -0.1) is 0 Å². The van der Waals surface area contributed by atoms with E-state index in [0.717, 1.165) is 6.54 Å². The first kappa shape index (κ1) is 13.6. The van der Waals surface area contributed by atoms with Gasteiger partial charge < -0.3 is 15.0 Å². The molecule has 0 aliphatic heterocycles. The molecule has 104 valence electrons. The summed E-state index contributed by atoms with van der Waals surface area (Å²) in [4.78, 5) is 12.9. The summed E-state index contributed by atoms with van der Waals surface area (Å²) in [5.41, 5.74) is 0.470. The number of anilines is 1. The van der Waals surface area contributed by atoms with Crippen LogP contribution in [0.25, 0.3) is 0 Å². The Hall–Kier alpha value is -1.82. The average molecular weight is 265 g/mol. The molecule has 19 heavy (non-hydrogen) atoms. The second kappa shape index (κ2) is 5.88. The zero-order chi connectivity index (χ0) is 13.8. The smallest absolute Gasteiger partial charge is 0.333 e. The fourth-order valence-electron chi connectivity index (χ4n) is 2.03. The van der Waals surface area contributed by atoms with Crippen molar-refractivity contribution >= 4 is 11.4 Å². The standard InChI is InChI=1S/C13H19N3O3/c1-14-11-4-3-5-12(13(11)16(17)18)19-9-8-15(2)10-6-7-10/h3-5,10,14H,6-9H2,1-2H3.